The number of nitrogens with zero attached hydrogens (tertiary/aromatic N) is 2. The van der Waals surface area contributed by atoms with Crippen LogP contribution in [0.3, 0.4) is 0 Å². The number of rotatable bonds is 6. The summed E-state index contributed by atoms with van der Waals surface area (Å²) in [5.41, 5.74) is 1.38. The SMILES string of the molecule is O=C1OC(c2ccc([N+](=O)[O-])cc2)=N/C1=C\c1ccccc1OCc1ccccc1F. The van der Waals surface area contributed by atoms with Crippen LogP contribution in [0.25, 0.3) is 6.08 Å². The molecule has 0 spiro atoms. The van der Waals surface area contributed by atoms with Gasteiger partial charge in [0.2, 0.25) is 5.90 Å². The van der Waals surface area contributed by atoms with Crippen LogP contribution in [0.1, 0.15) is 16.7 Å². The fourth-order valence-corrected chi connectivity index (χ4v) is 2.91. The first-order valence-electron chi connectivity index (χ1n) is 9.24. The second-order valence-electron chi connectivity index (χ2n) is 6.56. The van der Waals surface area contributed by atoms with Crippen molar-refractivity contribution in [2.45, 2.75) is 6.61 Å². The minimum atomic E-state index is -0.655. The van der Waals surface area contributed by atoms with Crippen molar-refractivity contribution in [2.75, 3.05) is 0 Å². The van der Waals surface area contributed by atoms with Crippen molar-refractivity contribution in [3.8, 4) is 5.75 Å². The van der Waals surface area contributed by atoms with E-state index in [0.29, 0.717) is 22.4 Å². The predicted octanol–water partition coefficient (Wildman–Crippen LogP) is 4.66. The summed E-state index contributed by atoms with van der Waals surface area (Å²) in [7, 11) is 0. The van der Waals surface area contributed by atoms with Crippen LogP contribution in [0, 0.1) is 15.9 Å². The van der Waals surface area contributed by atoms with Crippen molar-refractivity contribution in [1.29, 1.82) is 0 Å². The molecule has 0 aliphatic carbocycles. The van der Waals surface area contributed by atoms with Crippen molar-refractivity contribution in [3.63, 3.8) is 0 Å². The van der Waals surface area contributed by atoms with Gasteiger partial charge in [0.15, 0.2) is 5.70 Å². The van der Waals surface area contributed by atoms with Gasteiger partial charge in [0, 0.05) is 28.8 Å². The summed E-state index contributed by atoms with van der Waals surface area (Å²) in [5.74, 6) is -0.520. The molecule has 154 valence electrons. The van der Waals surface area contributed by atoms with Crippen LogP contribution in [0.2, 0.25) is 0 Å². The number of nitro groups is 1. The number of ether oxygens (including phenoxy) is 2. The molecule has 8 heteroatoms. The highest BCUT2D eigenvalue weighted by molar-refractivity contribution is 6.13. The molecule has 0 aromatic heterocycles. The fourth-order valence-electron chi connectivity index (χ4n) is 2.91. The summed E-state index contributed by atoms with van der Waals surface area (Å²) in [5, 5.41) is 10.8. The Kier molecular flexibility index (Phi) is 5.53. The van der Waals surface area contributed by atoms with Crippen LogP contribution in [0.5, 0.6) is 5.75 Å². The summed E-state index contributed by atoms with van der Waals surface area (Å²) >= 11 is 0. The molecule has 0 saturated heterocycles. The number of carbonyl (C=O) groups excluding carboxylic acids is 1. The highest BCUT2D eigenvalue weighted by Gasteiger charge is 2.25. The molecule has 0 unspecified atom stereocenters. The number of cyclic esters (lactones) is 1. The first-order valence-corrected chi connectivity index (χ1v) is 9.24. The van der Waals surface area contributed by atoms with E-state index in [-0.39, 0.29) is 29.7 Å². The molecule has 0 atom stereocenters. The summed E-state index contributed by atoms with van der Waals surface area (Å²) in [6.45, 7) is 0.0224. The van der Waals surface area contributed by atoms with Gasteiger partial charge >= 0.3 is 5.97 Å². The van der Waals surface area contributed by atoms with Gasteiger partial charge in [0.05, 0.1) is 4.92 Å². The van der Waals surface area contributed by atoms with E-state index in [1.165, 1.54) is 36.4 Å². The highest BCUT2D eigenvalue weighted by Crippen LogP contribution is 2.26. The minimum Gasteiger partial charge on any atom is -0.488 e. The third-order valence-electron chi connectivity index (χ3n) is 4.50. The van der Waals surface area contributed by atoms with Gasteiger partial charge in [-0.25, -0.2) is 14.2 Å². The van der Waals surface area contributed by atoms with Crippen LogP contribution < -0.4 is 4.74 Å². The molecule has 4 rings (SSSR count). The number of benzene rings is 3. The molecular weight excluding hydrogens is 403 g/mol. The molecular formula is C23H15FN2O5. The van der Waals surface area contributed by atoms with Crippen molar-refractivity contribution in [1.82, 2.24) is 0 Å². The average Bonchev–Trinajstić information content (AvgIpc) is 3.14. The maximum Gasteiger partial charge on any atom is 0.363 e. The first kappa shape index (κ1) is 20.0. The van der Waals surface area contributed by atoms with E-state index >= 15 is 0 Å². The molecule has 3 aromatic rings. The smallest absolute Gasteiger partial charge is 0.363 e. The number of hydrogen-bond acceptors (Lipinski definition) is 6. The Balaban J connectivity index is 1.57. The van der Waals surface area contributed by atoms with E-state index in [2.05, 4.69) is 4.99 Å². The molecule has 0 amide bonds. The van der Waals surface area contributed by atoms with E-state index in [1.807, 2.05) is 0 Å². The Hall–Kier alpha value is -4.33. The molecule has 0 saturated carbocycles. The summed E-state index contributed by atoms with van der Waals surface area (Å²) in [6, 6.07) is 18.8. The molecule has 0 fully saturated rings. The van der Waals surface area contributed by atoms with Crippen molar-refractivity contribution in [3.05, 3.63) is 111 Å². The van der Waals surface area contributed by atoms with Gasteiger partial charge in [0.25, 0.3) is 5.69 Å². The van der Waals surface area contributed by atoms with Gasteiger partial charge in [-0.15, -0.1) is 0 Å². The number of aliphatic imine (C=N–C) groups is 1. The zero-order valence-corrected chi connectivity index (χ0v) is 16.0. The lowest BCUT2D eigenvalue weighted by Gasteiger charge is -2.10. The van der Waals surface area contributed by atoms with Crippen LogP contribution in [0.15, 0.2) is 83.5 Å². The molecule has 1 aliphatic heterocycles. The molecule has 0 N–H and O–H groups in total. The van der Waals surface area contributed by atoms with Gasteiger partial charge in [-0.1, -0.05) is 36.4 Å². The van der Waals surface area contributed by atoms with Crippen LogP contribution >= 0.6 is 0 Å². The van der Waals surface area contributed by atoms with Gasteiger partial charge in [-0.05, 0) is 30.3 Å². The highest BCUT2D eigenvalue weighted by atomic mass is 19.1. The second-order valence-corrected chi connectivity index (χ2v) is 6.56. The largest absolute Gasteiger partial charge is 0.488 e. The third kappa shape index (κ3) is 4.48. The minimum absolute atomic E-state index is 0.0224. The lowest BCUT2D eigenvalue weighted by molar-refractivity contribution is -0.384. The van der Waals surface area contributed by atoms with E-state index in [1.54, 1.807) is 42.5 Å². The topological polar surface area (TPSA) is 91.0 Å². The molecule has 1 aliphatic rings. The third-order valence-corrected chi connectivity index (χ3v) is 4.50. The monoisotopic (exact) mass is 418 g/mol. The quantitative estimate of drug-likeness (QED) is 0.251. The van der Waals surface area contributed by atoms with Crippen molar-refractivity contribution < 1.29 is 23.6 Å². The average molecular weight is 418 g/mol. The predicted molar refractivity (Wildman–Crippen MR) is 111 cm³/mol. The lowest BCUT2D eigenvalue weighted by Crippen LogP contribution is -2.05. The first-order chi connectivity index (χ1) is 15.0. The molecule has 0 radical (unpaired) electrons. The van der Waals surface area contributed by atoms with E-state index in [0.717, 1.165) is 0 Å². The Morgan fingerprint density at radius 1 is 1.03 bits per heavy atom. The van der Waals surface area contributed by atoms with Crippen LogP contribution in [0.4, 0.5) is 10.1 Å². The molecule has 0 bridgehead atoms. The number of non-ortho nitro benzene ring substituents is 1. The maximum absolute atomic E-state index is 13.8. The number of hydrogen-bond donors (Lipinski definition) is 0. The second kappa shape index (κ2) is 8.58. The van der Waals surface area contributed by atoms with Crippen molar-refractivity contribution >= 4 is 23.6 Å². The van der Waals surface area contributed by atoms with Gasteiger partial charge in [-0.2, -0.15) is 0 Å². The molecule has 1 heterocycles. The van der Waals surface area contributed by atoms with Gasteiger partial charge < -0.3 is 9.47 Å². The Labute approximate surface area is 176 Å². The summed E-state index contributed by atoms with van der Waals surface area (Å²) in [4.78, 5) is 26.7. The Morgan fingerprint density at radius 3 is 2.48 bits per heavy atom. The lowest BCUT2D eigenvalue weighted by atomic mass is 10.1. The maximum atomic E-state index is 13.8. The van der Waals surface area contributed by atoms with Crippen LogP contribution in [-0.4, -0.2) is 16.8 Å². The standard InChI is InChI=1S/C23H15FN2O5/c24-19-7-3-1-6-17(19)14-30-21-8-4-2-5-16(21)13-20-23(27)31-22(25-20)15-9-11-18(12-10-15)26(28)29/h1-13H,14H2/b20-13-. The van der Waals surface area contributed by atoms with Gasteiger partial charge in [-0.3, -0.25) is 10.1 Å². The van der Waals surface area contributed by atoms with E-state index < -0.39 is 10.9 Å². The van der Waals surface area contributed by atoms with Gasteiger partial charge in [0.1, 0.15) is 18.2 Å². The number of nitro benzene ring substituents is 1. The number of carbonyl (C=O) groups is 1. The number of para-hydroxylation sites is 1. The normalized spacial score (nSPS) is 14.3. The zero-order valence-electron chi connectivity index (χ0n) is 16.0. The van der Waals surface area contributed by atoms with E-state index in [4.69, 9.17) is 9.47 Å². The molecule has 3 aromatic carbocycles. The number of halogens is 1. The Morgan fingerprint density at radius 2 is 1.74 bits per heavy atom. The number of esters is 1. The fraction of sp³-hybridized carbons (Fsp3) is 0.0435. The van der Waals surface area contributed by atoms with Crippen molar-refractivity contribution in [2.24, 2.45) is 4.99 Å². The Bertz CT molecular complexity index is 1220. The summed E-state index contributed by atoms with van der Waals surface area (Å²) in [6.07, 6.45) is 1.51. The zero-order chi connectivity index (χ0) is 21.8. The van der Waals surface area contributed by atoms with Crippen LogP contribution in [-0.2, 0) is 16.1 Å². The summed E-state index contributed by atoms with van der Waals surface area (Å²) < 4.78 is 24.8. The molecule has 7 nitrogen and oxygen atoms in total. The van der Waals surface area contributed by atoms with E-state index in [9.17, 15) is 19.3 Å². The molecule has 31 heavy (non-hydrogen) atoms.